The van der Waals surface area contributed by atoms with Crippen LogP contribution < -0.4 is 4.90 Å². The summed E-state index contributed by atoms with van der Waals surface area (Å²) in [4.78, 5) is 7.27. The first-order valence-electron chi connectivity index (χ1n) is 17.2. The Labute approximate surface area is 292 Å². The van der Waals surface area contributed by atoms with Crippen LogP contribution in [-0.4, -0.2) is 4.98 Å². The van der Waals surface area contributed by atoms with E-state index >= 15 is 0 Å². The highest BCUT2D eigenvalue weighted by Crippen LogP contribution is 2.44. The van der Waals surface area contributed by atoms with Gasteiger partial charge in [-0.1, -0.05) is 115 Å². The Morgan fingerprint density at radius 1 is 0.412 bits per heavy atom. The van der Waals surface area contributed by atoms with Crippen LogP contribution in [0.1, 0.15) is 0 Å². The van der Waals surface area contributed by atoms with E-state index in [1.165, 1.54) is 32.3 Å². The van der Waals surface area contributed by atoms with Crippen LogP contribution in [-0.2, 0) is 0 Å². The molecule has 0 saturated heterocycles. The molecule has 0 radical (unpaired) electrons. The van der Waals surface area contributed by atoms with E-state index in [-0.39, 0.29) is 0 Å². The molecule has 51 heavy (non-hydrogen) atoms. The molecule has 11 rings (SSSR count). The van der Waals surface area contributed by atoms with Gasteiger partial charge in [-0.05, 0) is 80.8 Å². The van der Waals surface area contributed by atoms with Gasteiger partial charge in [0.1, 0.15) is 16.7 Å². The summed E-state index contributed by atoms with van der Waals surface area (Å²) in [6.07, 6.45) is 0. The van der Waals surface area contributed by atoms with Gasteiger partial charge in [-0.25, -0.2) is 4.98 Å². The molecule has 0 bridgehead atoms. The molecule has 0 fully saturated rings. The van der Waals surface area contributed by atoms with Crippen LogP contribution >= 0.6 is 0 Å². The Morgan fingerprint density at radius 2 is 1.08 bits per heavy atom. The molecule has 9 aromatic carbocycles. The highest BCUT2D eigenvalue weighted by molar-refractivity contribution is 6.20. The lowest BCUT2D eigenvalue weighted by Crippen LogP contribution is -2.10. The molecule has 4 nitrogen and oxygen atoms in total. The molecular formula is C47H28N2O2. The van der Waals surface area contributed by atoms with Crippen molar-refractivity contribution in [3.63, 3.8) is 0 Å². The second-order valence-electron chi connectivity index (χ2n) is 13.1. The smallest absolute Gasteiger partial charge is 0.228 e. The van der Waals surface area contributed by atoms with Crippen molar-refractivity contribution in [2.24, 2.45) is 0 Å². The van der Waals surface area contributed by atoms with E-state index in [2.05, 4.69) is 144 Å². The lowest BCUT2D eigenvalue weighted by Gasteiger charge is -2.27. The molecule has 0 N–H and O–H groups in total. The summed E-state index contributed by atoms with van der Waals surface area (Å²) in [5, 5.41) is 11.6. The van der Waals surface area contributed by atoms with Crippen molar-refractivity contribution < 1.29 is 8.83 Å². The number of rotatable bonds is 4. The van der Waals surface area contributed by atoms with Gasteiger partial charge in [-0.3, -0.25) is 0 Å². The van der Waals surface area contributed by atoms with Crippen LogP contribution in [0.2, 0.25) is 0 Å². The summed E-state index contributed by atoms with van der Waals surface area (Å²) in [7, 11) is 0. The Morgan fingerprint density at radius 3 is 1.98 bits per heavy atom. The maximum absolute atomic E-state index is 6.61. The summed E-state index contributed by atoms with van der Waals surface area (Å²) in [6.45, 7) is 0. The summed E-state index contributed by atoms with van der Waals surface area (Å²) < 4.78 is 13.1. The topological polar surface area (TPSA) is 42.4 Å². The average Bonchev–Trinajstić information content (AvgIpc) is 3.80. The minimum absolute atomic E-state index is 0.584. The molecule has 0 aliphatic carbocycles. The SMILES string of the molecule is c1ccc(N(c2ccc3c(c2)oc2cccc(-c4nc5ccc6ccccc6c5o4)c23)c2cccc3c2ccc2c4ccccc4ccc32)cc1. The first kappa shape index (κ1) is 28.0. The predicted molar refractivity (Wildman–Crippen MR) is 211 cm³/mol. The number of nitrogens with zero attached hydrogens (tertiary/aromatic N) is 2. The zero-order valence-corrected chi connectivity index (χ0v) is 27.4. The molecule has 0 saturated carbocycles. The molecule has 11 aromatic rings. The molecule has 0 aliphatic heterocycles. The van der Waals surface area contributed by atoms with Crippen LogP contribution in [0, 0.1) is 0 Å². The van der Waals surface area contributed by atoms with E-state index < -0.39 is 0 Å². The van der Waals surface area contributed by atoms with Crippen molar-refractivity contribution in [2.75, 3.05) is 4.90 Å². The van der Waals surface area contributed by atoms with Gasteiger partial charge in [-0.2, -0.15) is 0 Å². The Balaban J connectivity index is 1.10. The van der Waals surface area contributed by atoms with Crippen LogP contribution in [0.5, 0.6) is 0 Å². The second-order valence-corrected chi connectivity index (χ2v) is 13.1. The molecule has 2 heterocycles. The van der Waals surface area contributed by atoms with Gasteiger partial charge in [0.25, 0.3) is 0 Å². The molecule has 4 heteroatoms. The molecule has 0 spiro atoms. The molecule has 2 aromatic heterocycles. The van der Waals surface area contributed by atoms with Crippen molar-refractivity contribution in [2.45, 2.75) is 0 Å². The number of fused-ring (bicyclic) bond motifs is 11. The zero-order chi connectivity index (χ0) is 33.5. The van der Waals surface area contributed by atoms with Crippen LogP contribution in [0.4, 0.5) is 17.1 Å². The fraction of sp³-hybridized carbons (Fsp3) is 0. The second kappa shape index (κ2) is 10.8. The fourth-order valence-corrected chi connectivity index (χ4v) is 7.94. The summed E-state index contributed by atoms with van der Waals surface area (Å²) in [5.41, 5.74) is 7.31. The van der Waals surface area contributed by atoms with Gasteiger partial charge < -0.3 is 13.7 Å². The number of hydrogen-bond donors (Lipinski definition) is 0. The summed E-state index contributed by atoms with van der Waals surface area (Å²) >= 11 is 0. The third-order valence-corrected chi connectivity index (χ3v) is 10.3. The van der Waals surface area contributed by atoms with Gasteiger partial charge in [-0.15, -0.1) is 0 Å². The maximum Gasteiger partial charge on any atom is 0.228 e. The lowest BCUT2D eigenvalue weighted by molar-refractivity contribution is 0.623. The number of aromatic nitrogens is 1. The lowest BCUT2D eigenvalue weighted by atomic mass is 9.96. The molecule has 0 atom stereocenters. The van der Waals surface area contributed by atoms with Crippen LogP contribution in [0.25, 0.3) is 87.6 Å². The van der Waals surface area contributed by atoms with Gasteiger partial charge >= 0.3 is 0 Å². The molecule has 238 valence electrons. The number of anilines is 3. The average molecular weight is 653 g/mol. The molecule has 0 aliphatic rings. The van der Waals surface area contributed by atoms with Gasteiger partial charge in [0.2, 0.25) is 5.89 Å². The largest absolute Gasteiger partial charge is 0.456 e. The standard InChI is InChI=1S/C47H28N2O2/c1-2-12-31(13-3-1)49(42-18-8-16-35-37-23-20-29-10-4-6-14-33(29)36(37)25-26-38(35)42)32-22-24-39-44(28-32)50-43-19-9-17-40(45(39)43)47-48-41-27-21-30-11-5-7-15-34(30)46(41)51-47/h1-28H. The number of para-hydroxylation sites is 1. The van der Waals surface area contributed by atoms with E-state index in [9.17, 15) is 0 Å². The molecular weight excluding hydrogens is 625 g/mol. The Kier molecular flexibility index (Phi) is 5.92. The van der Waals surface area contributed by atoms with E-state index in [0.717, 1.165) is 66.4 Å². The minimum Gasteiger partial charge on any atom is -0.456 e. The van der Waals surface area contributed by atoms with Crippen molar-refractivity contribution in [3.8, 4) is 11.5 Å². The number of furan rings is 1. The number of benzene rings is 9. The van der Waals surface area contributed by atoms with Crippen molar-refractivity contribution in [3.05, 3.63) is 170 Å². The minimum atomic E-state index is 0.584. The first-order valence-corrected chi connectivity index (χ1v) is 17.2. The fourth-order valence-electron chi connectivity index (χ4n) is 7.94. The number of hydrogen-bond acceptors (Lipinski definition) is 4. The van der Waals surface area contributed by atoms with Crippen LogP contribution in [0.3, 0.4) is 0 Å². The molecule has 0 unspecified atom stereocenters. The Hall–Kier alpha value is -6.91. The summed E-state index contributed by atoms with van der Waals surface area (Å²) in [6, 6.07) is 59.8. The maximum atomic E-state index is 6.61. The van der Waals surface area contributed by atoms with Crippen LogP contribution in [0.15, 0.2) is 179 Å². The van der Waals surface area contributed by atoms with Crippen molar-refractivity contribution in [1.82, 2.24) is 4.98 Å². The first-order chi connectivity index (χ1) is 25.3. The van der Waals surface area contributed by atoms with Gasteiger partial charge in [0.15, 0.2) is 5.58 Å². The summed E-state index contributed by atoms with van der Waals surface area (Å²) in [5.74, 6) is 0.584. The normalized spacial score (nSPS) is 11.9. The quantitative estimate of drug-likeness (QED) is 0.177. The van der Waals surface area contributed by atoms with Gasteiger partial charge in [0.05, 0.1) is 5.69 Å². The molecule has 0 amide bonds. The predicted octanol–water partition coefficient (Wildman–Crippen LogP) is 13.5. The highest BCUT2D eigenvalue weighted by atomic mass is 16.3. The van der Waals surface area contributed by atoms with E-state index in [4.69, 9.17) is 13.8 Å². The highest BCUT2D eigenvalue weighted by Gasteiger charge is 2.21. The van der Waals surface area contributed by atoms with E-state index in [0.29, 0.717) is 5.89 Å². The number of oxazole rings is 1. The third-order valence-electron chi connectivity index (χ3n) is 10.3. The van der Waals surface area contributed by atoms with Crippen molar-refractivity contribution in [1.29, 1.82) is 0 Å². The Bertz CT molecular complexity index is 3160. The third kappa shape index (κ3) is 4.23. The van der Waals surface area contributed by atoms with E-state index in [1.807, 2.05) is 30.3 Å². The van der Waals surface area contributed by atoms with E-state index in [1.54, 1.807) is 0 Å². The van der Waals surface area contributed by atoms with Crippen molar-refractivity contribution >= 4 is 93.2 Å². The monoisotopic (exact) mass is 652 g/mol. The zero-order valence-electron chi connectivity index (χ0n) is 27.4. The van der Waals surface area contributed by atoms with Gasteiger partial charge in [0, 0.05) is 44.5 Å².